The maximum Gasteiger partial charge on any atom is 0.0603 e. The highest BCUT2D eigenvalue weighted by Crippen LogP contribution is 2.53. The molecule has 0 spiro atoms. The summed E-state index contributed by atoms with van der Waals surface area (Å²) in [5, 5.41) is 2.64. The van der Waals surface area contributed by atoms with Crippen LogP contribution in [0.3, 0.4) is 0 Å². The quantitative estimate of drug-likeness (QED) is 0.188. The molecule has 0 atom stereocenters. The lowest BCUT2D eigenvalue weighted by Crippen LogP contribution is -2.16. The molecule has 0 N–H and O–H groups in total. The van der Waals surface area contributed by atoms with Gasteiger partial charge in [0, 0.05) is 52.7 Å². The summed E-state index contributed by atoms with van der Waals surface area (Å²) >= 11 is 3.71. The molecule has 1 aromatic heterocycles. The fraction of sp³-hybridized carbons (Fsp3) is 0. The van der Waals surface area contributed by atoms with Crippen LogP contribution >= 0.6 is 23.1 Å². The first kappa shape index (κ1) is 27.1. The molecule has 0 radical (unpaired) electrons. The van der Waals surface area contributed by atoms with Crippen molar-refractivity contribution in [2.75, 3.05) is 9.80 Å². The minimum absolute atomic E-state index is 1.13. The second-order valence-corrected chi connectivity index (χ2v) is 13.6. The lowest BCUT2D eigenvalue weighted by atomic mass is 10.0. The van der Waals surface area contributed by atoms with Crippen molar-refractivity contribution in [2.45, 2.75) is 9.79 Å². The first-order valence-electron chi connectivity index (χ1n) is 15.4. The van der Waals surface area contributed by atoms with E-state index in [4.69, 9.17) is 0 Å². The van der Waals surface area contributed by atoms with E-state index >= 15 is 0 Å². The molecule has 0 bridgehead atoms. The fourth-order valence-electron chi connectivity index (χ4n) is 6.50. The zero-order valence-corrected chi connectivity index (χ0v) is 26.5. The van der Waals surface area contributed by atoms with Crippen molar-refractivity contribution in [3.05, 3.63) is 170 Å². The van der Waals surface area contributed by atoms with Gasteiger partial charge < -0.3 is 9.80 Å². The summed E-state index contributed by atoms with van der Waals surface area (Å²) in [7, 11) is 0. The summed E-state index contributed by atoms with van der Waals surface area (Å²) < 4.78 is 2.63. The summed E-state index contributed by atoms with van der Waals surface area (Å²) in [4.78, 5) is 7.27. The van der Waals surface area contributed by atoms with Crippen molar-refractivity contribution in [1.29, 1.82) is 0 Å². The number of nitrogens with zero attached hydrogens (tertiary/aromatic N) is 2. The van der Waals surface area contributed by atoms with Crippen LogP contribution in [0.5, 0.6) is 0 Å². The van der Waals surface area contributed by atoms with Gasteiger partial charge in [0.2, 0.25) is 0 Å². The monoisotopic (exact) mass is 624 g/mol. The maximum absolute atomic E-state index is 2.43. The van der Waals surface area contributed by atoms with Crippen LogP contribution in [0.15, 0.2) is 180 Å². The van der Waals surface area contributed by atoms with Crippen LogP contribution in [-0.4, -0.2) is 0 Å². The van der Waals surface area contributed by atoms with Gasteiger partial charge in [-0.1, -0.05) is 109 Å². The van der Waals surface area contributed by atoms with Crippen LogP contribution in [0.2, 0.25) is 0 Å². The van der Waals surface area contributed by atoms with Gasteiger partial charge in [0.15, 0.2) is 0 Å². The van der Waals surface area contributed by atoms with E-state index in [1.807, 2.05) is 23.1 Å². The molecule has 0 amide bonds. The maximum atomic E-state index is 2.43. The Kier molecular flexibility index (Phi) is 6.62. The molecule has 0 saturated carbocycles. The summed E-state index contributed by atoms with van der Waals surface area (Å²) in [6.45, 7) is 0. The first-order valence-corrected chi connectivity index (χ1v) is 17.1. The van der Waals surface area contributed by atoms with Crippen molar-refractivity contribution in [2.24, 2.45) is 0 Å². The van der Waals surface area contributed by atoms with E-state index in [0.717, 1.165) is 17.1 Å². The van der Waals surface area contributed by atoms with Gasteiger partial charge in [0.1, 0.15) is 0 Å². The number of para-hydroxylation sites is 2. The Bertz CT molecular complexity index is 2360. The predicted octanol–water partition coefficient (Wildman–Crippen LogP) is 13.1. The van der Waals surface area contributed by atoms with Gasteiger partial charge >= 0.3 is 0 Å². The molecule has 0 saturated heterocycles. The van der Waals surface area contributed by atoms with Crippen LogP contribution in [0.25, 0.3) is 31.3 Å². The average molecular weight is 625 g/mol. The minimum Gasteiger partial charge on any atom is -0.310 e. The molecule has 4 heteroatoms. The van der Waals surface area contributed by atoms with Crippen LogP contribution in [-0.2, 0) is 0 Å². The Morgan fingerprint density at radius 1 is 0.413 bits per heavy atom. The summed E-state index contributed by atoms with van der Waals surface area (Å²) in [6, 6.07) is 61.4. The van der Waals surface area contributed by atoms with Crippen molar-refractivity contribution in [3.63, 3.8) is 0 Å². The zero-order valence-electron chi connectivity index (χ0n) is 24.9. The molecule has 46 heavy (non-hydrogen) atoms. The number of rotatable bonds is 5. The van der Waals surface area contributed by atoms with Gasteiger partial charge in [0.25, 0.3) is 0 Å². The van der Waals surface area contributed by atoms with Crippen molar-refractivity contribution < 1.29 is 0 Å². The topological polar surface area (TPSA) is 6.48 Å². The molecule has 2 heterocycles. The Morgan fingerprint density at radius 2 is 1.09 bits per heavy atom. The van der Waals surface area contributed by atoms with E-state index in [-0.39, 0.29) is 0 Å². The predicted molar refractivity (Wildman–Crippen MR) is 198 cm³/mol. The Balaban J connectivity index is 1.19. The highest BCUT2D eigenvalue weighted by atomic mass is 32.2. The molecule has 1 aliphatic rings. The van der Waals surface area contributed by atoms with E-state index in [9.17, 15) is 0 Å². The summed E-state index contributed by atoms with van der Waals surface area (Å²) in [5.41, 5.74) is 9.37. The van der Waals surface area contributed by atoms with Gasteiger partial charge in [-0.05, 0) is 83.9 Å². The molecule has 218 valence electrons. The van der Waals surface area contributed by atoms with Crippen LogP contribution in [0, 0.1) is 0 Å². The molecule has 9 rings (SSSR count). The number of thiophene rings is 1. The number of benzene rings is 7. The van der Waals surface area contributed by atoms with E-state index in [1.54, 1.807) is 0 Å². The summed E-state index contributed by atoms with van der Waals surface area (Å²) in [6.07, 6.45) is 0. The largest absolute Gasteiger partial charge is 0.310 e. The van der Waals surface area contributed by atoms with Gasteiger partial charge in [-0.3, -0.25) is 0 Å². The highest BCUT2D eigenvalue weighted by molar-refractivity contribution is 7.99. The highest BCUT2D eigenvalue weighted by Gasteiger charge is 2.26. The van der Waals surface area contributed by atoms with Gasteiger partial charge in [-0.15, -0.1) is 11.3 Å². The molecular weight excluding hydrogens is 597 g/mol. The number of fused-ring (bicyclic) bond motifs is 5. The van der Waals surface area contributed by atoms with Crippen molar-refractivity contribution in [1.82, 2.24) is 0 Å². The number of anilines is 6. The van der Waals surface area contributed by atoms with Gasteiger partial charge in [0.05, 0.1) is 11.4 Å². The average Bonchev–Trinajstić information content (AvgIpc) is 3.49. The smallest absolute Gasteiger partial charge is 0.0603 e. The molecule has 0 aliphatic carbocycles. The Morgan fingerprint density at radius 3 is 1.98 bits per heavy atom. The normalized spacial score (nSPS) is 12.2. The Hall–Kier alpha value is -5.29. The van der Waals surface area contributed by atoms with Crippen LogP contribution in [0.4, 0.5) is 34.1 Å². The third kappa shape index (κ3) is 4.66. The third-order valence-electron chi connectivity index (χ3n) is 8.61. The molecule has 1 aliphatic heterocycles. The molecular formula is C42H28N2S2. The van der Waals surface area contributed by atoms with Crippen molar-refractivity contribution >= 4 is 77.4 Å². The van der Waals surface area contributed by atoms with Crippen molar-refractivity contribution in [3.8, 4) is 11.1 Å². The first-order chi connectivity index (χ1) is 22.8. The molecule has 8 aromatic rings. The van der Waals surface area contributed by atoms with E-state index < -0.39 is 0 Å². The third-order valence-corrected chi connectivity index (χ3v) is 10.9. The minimum atomic E-state index is 1.13. The summed E-state index contributed by atoms with van der Waals surface area (Å²) in [5.74, 6) is 0. The van der Waals surface area contributed by atoms with E-state index in [0.29, 0.717) is 0 Å². The van der Waals surface area contributed by atoms with E-state index in [1.165, 1.54) is 58.2 Å². The Labute approximate surface area is 276 Å². The molecule has 0 unspecified atom stereocenters. The zero-order chi connectivity index (χ0) is 30.5. The van der Waals surface area contributed by atoms with Gasteiger partial charge in [-0.25, -0.2) is 0 Å². The van der Waals surface area contributed by atoms with E-state index in [2.05, 4.69) is 180 Å². The standard InChI is InChI=1S/C42H28N2S2/c1-3-12-29(13-4-1)30-14-11-17-32(26-30)43(31-15-5-2-6-16-31)33-23-25-38-42(28-33)46-40-21-10-8-19-37(40)44(38)34-22-24-36-35-18-7-9-20-39(35)45-41(36)27-34/h1-28H. The van der Waals surface area contributed by atoms with Crippen LogP contribution in [0.1, 0.15) is 0 Å². The second kappa shape index (κ2) is 11.3. The fourth-order valence-corrected chi connectivity index (χ4v) is 8.73. The molecule has 0 fully saturated rings. The van der Waals surface area contributed by atoms with Gasteiger partial charge in [-0.2, -0.15) is 0 Å². The van der Waals surface area contributed by atoms with Crippen LogP contribution < -0.4 is 9.80 Å². The molecule has 2 nitrogen and oxygen atoms in total. The molecule has 7 aromatic carbocycles. The SMILES string of the molecule is c1ccc(-c2cccc(N(c3ccccc3)c3ccc4c(c3)Sc3ccccc3N4c3ccc4c(c3)sc3ccccc34)c2)cc1. The lowest BCUT2D eigenvalue weighted by molar-refractivity contribution is 1.16. The number of hydrogen-bond acceptors (Lipinski definition) is 4. The second-order valence-electron chi connectivity index (χ2n) is 11.4. The number of hydrogen-bond donors (Lipinski definition) is 0. The lowest BCUT2D eigenvalue weighted by Gasteiger charge is -2.34.